The van der Waals surface area contributed by atoms with E-state index in [1.807, 2.05) is 43.5 Å². The molecule has 2 aromatic heterocycles. The second-order valence-electron chi connectivity index (χ2n) is 11.1. The number of alkyl halides is 6. The van der Waals surface area contributed by atoms with Gasteiger partial charge in [-0.1, -0.05) is 13.8 Å². The molecule has 8 nitrogen and oxygen atoms in total. The van der Waals surface area contributed by atoms with Gasteiger partial charge >= 0.3 is 12.4 Å². The maximum Gasteiger partial charge on any atom is 0.416 e. The van der Waals surface area contributed by atoms with Crippen molar-refractivity contribution in [2.24, 2.45) is 0 Å². The van der Waals surface area contributed by atoms with Crippen molar-refractivity contribution in [3.8, 4) is 22.1 Å². The van der Waals surface area contributed by atoms with Gasteiger partial charge < -0.3 is 14.5 Å². The number of hydrogen-bond donors (Lipinski definition) is 0. The number of carbonyl (C=O) groups excluding carboxylic acids is 2. The van der Waals surface area contributed by atoms with Crippen LogP contribution in [-0.4, -0.2) is 69.2 Å². The molecule has 0 bridgehead atoms. The van der Waals surface area contributed by atoms with Gasteiger partial charge in [0, 0.05) is 42.2 Å². The molecule has 2 amide bonds. The Morgan fingerprint density at radius 2 is 1.59 bits per heavy atom. The first-order chi connectivity index (χ1) is 21.6. The molecule has 1 fully saturated rings. The molecule has 0 radical (unpaired) electrons. The Labute approximate surface area is 264 Å². The third-order valence-electron chi connectivity index (χ3n) is 7.65. The van der Waals surface area contributed by atoms with Gasteiger partial charge in [-0.2, -0.15) is 31.4 Å². The van der Waals surface area contributed by atoms with Crippen LogP contribution in [0.5, 0.6) is 5.75 Å². The van der Waals surface area contributed by atoms with Crippen molar-refractivity contribution >= 4 is 23.2 Å². The van der Waals surface area contributed by atoms with E-state index in [4.69, 9.17) is 9.72 Å². The lowest BCUT2D eigenvalue weighted by Crippen LogP contribution is -2.55. The monoisotopic (exact) mass is 665 g/mol. The minimum Gasteiger partial charge on any atom is -0.497 e. The number of methoxy groups -OCH3 is 1. The van der Waals surface area contributed by atoms with E-state index >= 15 is 0 Å². The van der Waals surface area contributed by atoms with Crippen molar-refractivity contribution in [1.29, 1.82) is 0 Å². The van der Waals surface area contributed by atoms with Crippen molar-refractivity contribution in [2.45, 2.75) is 45.1 Å². The molecule has 1 unspecified atom stereocenters. The molecule has 1 atom stereocenters. The van der Waals surface area contributed by atoms with Crippen molar-refractivity contribution in [3.63, 3.8) is 0 Å². The fourth-order valence-corrected chi connectivity index (χ4v) is 6.15. The SMILES string of the molecule is COc1ccc(-c2csc(-n3ncc(C(=O)N4CCN(C(=O)c5cc(C(F)(F)F)cc(C(F)(F)F)c5)C(C)C4)c3C(C)C)n2)cc1. The van der Waals surface area contributed by atoms with Crippen LogP contribution in [0.4, 0.5) is 26.3 Å². The Balaban J connectivity index is 1.35. The van der Waals surface area contributed by atoms with Crippen LogP contribution in [0, 0.1) is 0 Å². The average Bonchev–Trinajstić information content (AvgIpc) is 3.67. The lowest BCUT2D eigenvalue weighted by Gasteiger charge is -2.40. The number of nitrogens with zero attached hydrogens (tertiary/aromatic N) is 5. The smallest absolute Gasteiger partial charge is 0.416 e. The highest BCUT2D eigenvalue weighted by atomic mass is 32.1. The summed E-state index contributed by atoms with van der Waals surface area (Å²) in [5.41, 5.74) is -1.32. The number of ether oxygens (including phenoxy) is 1. The maximum absolute atomic E-state index is 13.7. The summed E-state index contributed by atoms with van der Waals surface area (Å²) in [4.78, 5) is 34.4. The molecule has 5 rings (SSSR count). The zero-order valence-electron chi connectivity index (χ0n) is 25.1. The first kappa shape index (κ1) is 33.0. The maximum atomic E-state index is 13.7. The third-order valence-corrected chi connectivity index (χ3v) is 8.47. The normalized spacial score (nSPS) is 15.8. The average molecular weight is 666 g/mol. The second kappa shape index (κ2) is 12.4. The quantitative estimate of drug-likeness (QED) is 0.205. The lowest BCUT2D eigenvalue weighted by molar-refractivity contribution is -0.143. The van der Waals surface area contributed by atoms with E-state index in [2.05, 4.69) is 5.10 Å². The van der Waals surface area contributed by atoms with Crippen LogP contribution >= 0.6 is 11.3 Å². The zero-order valence-corrected chi connectivity index (χ0v) is 25.9. The summed E-state index contributed by atoms with van der Waals surface area (Å²) in [5.74, 6) is -0.774. The molecule has 244 valence electrons. The lowest BCUT2D eigenvalue weighted by atomic mass is 10.0. The Bertz CT molecular complexity index is 1710. The van der Waals surface area contributed by atoms with E-state index < -0.39 is 41.0 Å². The molecule has 2 aromatic carbocycles. The van der Waals surface area contributed by atoms with Gasteiger partial charge in [0.05, 0.1) is 41.4 Å². The topological polar surface area (TPSA) is 80.6 Å². The molecular formula is C31H29F6N5O3S. The van der Waals surface area contributed by atoms with Gasteiger partial charge in [-0.15, -0.1) is 11.3 Å². The van der Waals surface area contributed by atoms with Crippen molar-refractivity contribution < 1.29 is 40.7 Å². The molecule has 0 aliphatic carbocycles. The van der Waals surface area contributed by atoms with Gasteiger partial charge in [0.2, 0.25) is 5.13 Å². The summed E-state index contributed by atoms with van der Waals surface area (Å²) in [6.45, 7) is 5.33. The summed E-state index contributed by atoms with van der Waals surface area (Å²) in [5, 5.41) is 6.90. The number of piperazine rings is 1. The van der Waals surface area contributed by atoms with E-state index in [0.29, 0.717) is 34.3 Å². The zero-order chi connectivity index (χ0) is 33.6. The van der Waals surface area contributed by atoms with Gasteiger partial charge in [0.1, 0.15) is 5.75 Å². The number of aromatic nitrogens is 3. The number of carbonyl (C=O) groups is 2. The van der Waals surface area contributed by atoms with Crippen LogP contribution in [-0.2, 0) is 12.4 Å². The molecule has 0 saturated carbocycles. The summed E-state index contributed by atoms with van der Waals surface area (Å²) in [6, 6.07) is 7.54. The third kappa shape index (κ3) is 6.59. The fourth-order valence-electron chi connectivity index (χ4n) is 5.34. The molecule has 0 N–H and O–H groups in total. The molecule has 1 aliphatic rings. The van der Waals surface area contributed by atoms with Crippen LogP contribution < -0.4 is 4.74 Å². The van der Waals surface area contributed by atoms with Crippen LogP contribution in [0.3, 0.4) is 0 Å². The second-order valence-corrected chi connectivity index (χ2v) is 12.0. The summed E-state index contributed by atoms with van der Waals surface area (Å²) >= 11 is 1.35. The Kier molecular flexibility index (Phi) is 8.90. The minimum absolute atomic E-state index is 0.0112. The molecule has 3 heterocycles. The Morgan fingerprint density at radius 1 is 0.957 bits per heavy atom. The minimum atomic E-state index is -5.08. The van der Waals surface area contributed by atoms with Gasteiger partial charge in [-0.05, 0) is 55.3 Å². The van der Waals surface area contributed by atoms with E-state index in [1.165, 1.54) is 27.3 Å². The van der Waals surface area contributed by atoms with E-state index in [0.717, 1.165) is 11.3 Å². The predicted molar refractivity (Wildman–Crippen MR) is 158 cm³/mol. The van der Waals surface area contributed by atoms with Gasteiger partial charge in [-0.3, -0.25) is 9.59 Å². The van der Waals surface area contributed by atoms with Crippen LogP contribution in [0.15, 0.2) is 54.0 Å². The van der Waals surface area contributed by atoms with E-state index in [9.17, 15) is 35.9 Å². The molecule has 1 saturated heterocycles. The number of benzene rings is 2. The number of rotatable bonds is 6. The summed E-state index contributed by atoms with van der Waals surface area (Å²) in [6.07, 6.45) is -8.71. The van der Waals surface area contributed by atoms with Crippen LogP contribution in [0.25, 0.3) is 16.4 Å². The highest BCUT2D eigenvalue weighted by Crippen LogP contribution is 2.37. The van der Waals surface area contributed by atoms with Crippen LogP contribution in [0.1, 0.15) is 64.2 Å². The highest BCUT2D eigenvalue weighted by molar-refractivity contribution is 7.12. The van der Waals surface area contributed by atoms with Gasteiger partial charge in [0.25, 0.3) is 11.8 Å². The predicted octanol–water partition coefficient (Wildman–Crippen LogP) is 7.15. The van der Waals surface area contributed by atoms with E-state index in [1.54, 1.807) is 18.7 Å². The van der Waals surface area contributed by atoms with Crippen molar-refractivity contribution in [1.82, 2.24) is 24.6 Å². The summed E-state index contributed by atoms with van der Waals surface area (Å²) in [7, 11) is 1.58. The van der Waals surface area contributed by atoms with Crippen molar-refractivity contribution in [2.75, 3.05) is 26.7 Å². The van der Waals surface area contributed by atoms with Gasteiger partial charge in [0.15, 0.2) is 0 Å². The first-order valence-corrected chi connectivity index (χ1v) is 15.0. The fraction of sp³-hybridized carbons (Fsp3) is 0.355. The van der Waals surface area contributed by atoms with Crippen molar-refractivity contribution in [3.05, 3.63) is 82.0 Å². The molecule has 4 aromatic rings. The standard InChI is InChI=1S/C31H29F6N5O3S/c1-17(2)26-24(14-38-42(26)29-39-25(16-46-29)19-5-7-23(45-4)8-6-19)28(44)40-9-10-41(18(3)15-40)27(43)20-11-21(30(32,33)34)13-22(12-20)31(35,36)37/h5-8,11-14,16-18H,9-10,15H2,1-4H3. The number of amides is 2. The highest BCUT2D eigenvalue weighted by Gasteiger charge is 2.39. The number of hydrogen-bond acceptors (Lipinski definition) is 6. The van der Waals surface area contributed by atoms with Crippen LogP contribution in [0.2, 0.25) is 0 Å². The van der Waals surface area contributed by atoms with E-state index in [-0.39, 0.29) is 37.5 Å². The van der Waals surface area contributed by atoms with Gasteiger partial charge in [-0.25, -0.2) is 9.67 Å². The largest absolute Gasteiger partial charge is 0.497 e. The molecule has 1 aliphatic heterocycles. The molecule has 46 heavy (non-hydrogen) atoms. The summed E-state index contributed by atoms with van der Waals surface area (Å²) < 4.78 is 87.1. The Hall–Kier alpha value is -4.40. The Morgan fingerprint density at radius 3 is 2.13 bits per heavy atom. The molecule has 0 spiro atoms. The molecular weight excluding hydrogens is 636 g/mol. The number of thiazole rings is 1. The number of halogens is 6. The molecule has 15 heteroatoms. The first-order valence-electron chi connectivity index (χ1n) is 14.2.